The third-order valence-electron chi connectivity index (χ3n) is 3.59. The molecule has 0 saturated heterocycles. The molecule has 0 aliphatic carbocycles. The van der Waals surface area contributed by atoms with Crippen molar-refractivity contribution >= 4 is 11.7 Å². The van der Waals surface area contributed by atoms with Gasteiger partial charge in [-0.25, -0.2) is 4.68 Å². The quantitative estimate of drug-likeness (QED) is 0.743. The highest BCUT2D eigenvalue weighted by Crippen LogP contribution is 2.20. The molecule has 7 heteroatoms. The molecular weight excluding hydrogens is 322 g/mol. The second-order valence-corrected chi connectivity index (χ2v) is 5.70. The van der Waals surface area contributed by atoms with Crippen LogP contribution < -0.4 is 10.3 Å². The van der Waals surface area contributed by atoms with E-state index in [0.29, 0.717) is 12.3 Å². The van der Waals surface area contributed by atoms with E-state index in [-0.39, 0.29) is 0 Å². The lowest BCUT2D eigenvalue weighted by Gasteiger charge is -2.19. The molecule has 0 bridgehead atoms. The van der Waals surface area contributed by atoms with Gasteiger partial charge in [0.1, 0.15) is 5.75 Å². The maximum Gasteiger partial charge on any atom is 0.267 e. The minimum atomic E-state index is -1.27. The number of carbonyl (C=O) groups is 2. The van der Waals surface area contributed by atoms with E-state index in [0.717, 1.165) is 16.0 Å². The first-order valence-corrected chi connectivity index (χ1v) is 7.90. The van der Waals surface area contributed by atoms with Crippen LogP contribution in [0.2, 0.25) is 0 Å². The zero-order valence-corrected chi connectivity index (χ0v) is 14.7. The van der Waals surface area contributed by atoms with E-state index >= 15 is 0 Å². The van der Waals surface area contributed by atoms with Gasteiger partial charge in [0.2, 0.25) is 0 Å². The van der Waals surface area contributed by atoms with Crippen LogP contribution in [0.25, 0.3) is 11.3 Å². The molecule has 1 atom stereocenters. The Morgan fingerprint density at radius 3 is 2.32 bits per heavy atom. The van der Waals surface area contributed by atoms with Crippen molar-refractivity contribution in [2.45, 2.75) is 19.9 Å². The number of benzene rings is 1. The number of rotatable bonds is 6. The monoisotopic (exact) mass is 343 g/mol. The molecular formula is C18H21N3O4. The lowest BCUT2D eigenvalue weighted by atomic mass is 10.1. The van der Waals surface area contributed by atoms with Crippen molar-refractivity contribution in [2.24, 2.45) is 0 Å². The van der Waals surface area contributed by atoms with Crippen LogP contribution >= 0.6 is 0 Å². The first kappa shape index (κ1) is 18.4. The maximum absolute atomic E-state index is 12.3. The second-order valence-electron chi connectivity index (χ2n) is 5.70. The molecule has 2 aromatic rings. The molecule has 2 rings (SSSR count). The largest absolute Gasteiger partial charge is 0.494 e. The van der Waals surface area contributed by atoms with Crippen molar-refractivity contribution in [3.63, 3.8) is 0 Å². The Kier molecular flexibility index (Phi) is 5.69. The predicted octanol–water partition coefficient (Wildman–Crippen LogP) is 1.53. The summed E-state index contributed by atoms with van der Waals surface area (Å²) in [4.78, 5) is 37.7. The molecule has 1 unspecified atom stereocenters. The van der Waals surface area contributed by atoms with Crippen LogP contribution in [-0.2, 0) is 9.59 Å². The molecule has 0 radical (unpaired) electrons. The Labute approximate surface area is 145 Å². The molecule has 0 spiro atoms. The average molecular weight is 343 g/mol. The number of nitrogens with zero attached hydrogens (tertiary/aromatic N) is 3. The summed E-state index contributed by atoms with van der Waals surface area (Å²) in [5.41, 5.74) is 0.724. The summed E-state index contributed by atoms with van der Waals surface area (Å²) < 4.78 is 6.34. The van der Waals surface area contributed by atoms with Gasteiger partial charge < -0.3 is 9.64 Å². The predicted molar refractivity (Wildman–Crippen MR) is 93.5 cm³/mol. The third-order valence-corrected chi connectivity index (χ3v) is 3.59. The van der Waals surface area contributed by atoms with Gasteiger partial charge in [0.25, 0.3) is 11.5 Å². The number of Topliss-reactive ketones (excluding diaryl/α,β-unsaturated/α-hetero) is 1. The topological polar surface area (TPSA) is 81.5 Å². The summed E-state index contributed by atoms with van der Waals surface area (Å²) in [6.07, 6.45) is 0. The van der Waals surface area contributed by atoms with E-state index in [1.54, 1.807) is 30.3 Å². The second kappa shape index (κ2) is 7.74. The van der Waals surface area contributed by atoms with Crippen LogP contribution in [0.3, 0.4) is 0 Å². The van der Waals surface area contributed by atoms with E-state index in [9.17, 15) is 14.4 Å². The number of amides is 1. The third kappa shape index (κ3) is 4.12. The van der Waals surface area contributed by atoms with Crippen molar-refractivity contribution in [2.75, 3.05) is 20.7 Å². The van der Waals surface area contributed by atoms with Gasteiger partial charge in [0.15, 0.2) is 11.8 Å². The fourth-order valence-electron chi connectivity index (χ4n) is 2.35. The summed E-state index contributed by atoms with van der Waals surface area (Å²) in [5.74, 6) is -0.216. The van der Waals surface area contributed by atoms with Crippen LogP contribution in [0.4, 0.5) is 0 Å². The van der Waals surface area contributed by atoms with Gasteiger partial charge in [-0.05, 0) is 44.2 Å². The van der Waals surface area contributed by atoms with Gasteiger partial charge in [-0.1, -0.05) is 0 Å². The SMILES string of the molecule is CCOc1ccc(-c2ccc(=O)n(C(C(C)=O)C(=O)N(C)C)n2)cc1. The minimum Gasteiger partial charge on any atom is -0.494 e. The number of likely N-dealkylation sites (N-methyl/N-ethyl adjacent to an activating group) is 1. The zero-order valence-electron chi connectivity index (χ0n) is 14.7. The highest BCUT2D eigenvalue weighted by molar-refractivity contribution is 6.02. The average Bonchev–Trinajstić information content (AvgIpc) is 2.57. The van der Waals surface area contributed by atoms with Gasteiger partial charge in [-0.3, -0.25) is 14.4 Å². The Hall–Kier alpha value is -2.96. The van der Waals surface area contributed by atoms with Crippen molar-refractivity contribution < 1.29 is 14.3 Å². The van der Waals surface area contributed by atoms with Gasteiger partial charge in [-0.2, -0.15) is 5.10 Å². The molecule has 0 fully saturated rings. The molecule has 1 heterocycles. The Bertz CT molecular complexity index is 825. The van der Waals surface area contributed by atoms with E-state index in [2.05, 4.69) is 5.10 Å². The van der Waals surface area contributed by atoms with E-state index in [1.165, 1.54) is 32.0 Å². The Balaban J connectivity index is 2.47. The fourth-order valence-corrected chi connectivity index (χ4v) is 2.35. The molecule has 1 aromatic carbocycles. The zero-order chi connectivity index (χ0) is 18.6. The molecule has 0 aliphatic heterocycles. The fraction of sp³-hybridized carbons (Fsp3) is 0.333. The number of hydrogen-bond donors (Lipinski definition) is 0. The first-order chi connectivity index (χ1) is 11.8. The highest BCUT2D eigenvalue weighted by atomic mass is 16.5. The highest BCUT2D eigenvalue weighted by Gasteiger charge is 2.29. The smallest absolute Gasteiger partial charge is 0.267 e. The standard InChI is InChI=1S/C18H21N3O4/c1-5-25-14-8-6-13(7-9-14)15-10-11-16(23)21(19-15)17(12(2)22)18(24)20(3)4/h6-11,17H,5H2,1-4H3. The van der Waals surface area contributed by atoms with Crippen LogP contribution in [-0.4, -0.2) is 47.1 Å². The van der Waals surface area contributed by atoms with E-state index in [1.807, 2.05) is 6.92 Å². The molecule has 0 saturated carbocycles. The van der Waals surface area contributed by atoms with E-state index in [4.69, 9.17) is 4.74 Å². The number of carbonyl (C=O) groups excluding carboxylic acids is 2. The number of ketones is 1. The normalized spacial score (nSPS) is 11.7. The number of aromatic nitrogens is 2. The lowest BCUT2D eigenvalue weighted by Crippen LogP contribution is -2.41. The van der Waals surface area contributed by atoms with Crippen molar-refractivity contribution in [3.8, 4) is 17.0 Å². The summed E-state index contributed by atoms with van der Waals surface area (Å²) in [6, 6.07) is 8.79. The molecule has 25 heavy (non-hydrogen) atoms. The minimum absolute atomic E-state index is 0.447. The van der Waals surface area contributed by atoms with Crippen molar-refractivity contribution in [3.05, 3.63) is 46.8 Å². The van der Waals surface area contributed by atoms with E-state index < -0.39 is 23.3 Å². The molecule has 0 N–H and O–H groups in total. The van der Waals surface area contributed by atoms with Gasteiger partial charge >= 0.3 is 0 Å². The first-order valence-electron chi connectivity index (χ1n) is 7.90. The Morgan fingerprint density at radius 2 is 1.80 bits per heavy atom. The van der Waals surface area contributed by atoms with Gasteiger partial charge in [0, 0.05) is 25.7 Å². The van der Waals surface area contributed by atoms with Gasteiger partial charge in [0.05, 0.1) is 12.3 Å². The Morgan fingerprint density at radius 1 is 1.16 bits per heavy atom. The summed E-state index contributed by atoms with van der Waals surface area (Å²) in [6.45, 7) is 3.73. The summed E-state index contributed by atoms with van der Waals surface area (Å²) in [7, 11) is 3.05. The lowest BCUT2D eigenvalue weighted by molar-refractivity contribution is -0.138. The molecule has 7 nitrogen and oxygen atoms in total. The molecule has 1 amide bonds. The van der Waals surface area contributed by atoms with Crippen LogP contribution in [0.5, 0.6) is 5.75 Å². The van der Waals surface area contributed by atoms with Crippen molar-refractivity contribution in [1.82, 2.24) is 14.7 Å². The van der Waals surface area contributed by atoms with Crippen molar-refractivity contribution in [1.29, 1.82) is 0 Å². The number of ether oxygens (including phenoxy) is 1. The molecule has 0 aliphatic rings. The van der Waals surface area contributed by atoms with Crippen LogP contribution in [0.15, 0.2) is 41.2 Å². The van der Waals surface area contributed by atoms with Gasteiger partial charge in [-0.15, -0.1) is 0 Å². The number of hydrogen-bond acceptors (Lipinski definition) is 5. The van der Waals surface area contributed by atoms with Crippen LogP contribution in [0.1, 0.15) is 19.9 Å². The maximum atomic E-state index is 12.3. The molecule has 1 aromatic heterocycles. The summed E-state index contributed by atoms with van der Waals surface area (Å²) >= 11 is 0. The van der Waals surface area contributed by atoms with Crippen LogP contribution in [0, 0.1) is 0 Å². The summed E-state index contributed by atoms with van der Waals surface area (Å²) in [5, 5.41) is 4.24. The molecule has 132 valence electrons.